The molecule has 0 rings (SSSR count). The minimum atomic E-state index is -0.766. The zero-order chi connectivity index (χ0) is 41.5. The largest absolute Gasteiger partial charge is 0.462 e. The van der Waals surface area contributed by atoms with E-state index in [2.05, 4.69) is 32.9 Å². The summed E-state index contributed by atoms with van der Waals surface area (Å²) in [6.45, 7) is 6.64. The Bertz CT molecular complexity index is 839. The van der Waals surface area contributed by atoms with Crippen LogP contribution in [-0.4, -0.2) is 37.2 Å². The van der Waals surface area contributed by atoms with Crippen LogP contribution >= 0.6 is 0 Å². The van der Waals surface area contributed by atoms with Gasteiger partial charge in [0, 0.05) is 19.3 Å². The maximum atomic E-state index is 12.7. The molecule has 0 aliphatic heterocycles. The van der Waals surface area contributed by atoms with Gasteiger partial charge < -0.3 is 14.2 Å². The van der Waals surface area contributed by atoms with E-state index in [0.29, 0.717) is 19.3 Å². The SMILES string of the molecule is CCCCCC/C=C\CCCCCCCC(=O)OC(COC(=O)CCCCCCCCCCCCCCC)COC(=O)CCCCCCCCCCCCCCC. The summed E-state index contributed by atoms with van der Waals surface area (Å²) in [6, 6.07) is 0. The number of esters is 3. The second-order valence-electron chi connectivity index (χ2n) is 17.1. The van der Waals surface area contributed by atoms with Crippen LogP contribution in [0.5, 0.6) is 0 Å². The summed E-state index contributed by atoms with van der Waals surface area (Å²) in [5.41, 5.74) is 0. The number of hydrogen-bond acceptors (Lipinski definition) is 6. The summed E-state index contributed by atoms with van der Waals surface area (Å²) >= 11 is 0. The summed E-state index contributed by atoms with van der Waals surface area (Å²) in [5.74, 6) is -0.862. The van der Waals surface area contributed by atoms with E-state index < -0.39 is 6.10 Å². The molecular weight excluding hydrogens is 709 g/mol. The van der Waals surface area contributed by atoms with Gasteiger partial charge in [-0.15, -0.1) is 0 Å². The summed E-state index contributed by atoms with van der Waals surface area (Å²) in [5, 5.41) is 0. The standard InChI is InChI=1S/C51H96O6/c1-4-7-10-13-16-19-22-25-28-31-34-37-40-43-49(52)55-46-48(57-51(54)45-42-39-36-33-30-27-24-21-18-15-12-9-6-3)47-56-50(53)44-41-38-35-32-29-26-23-20-17-14-11-8-5-2/h21,24,48H,4-20,22-23,25-47H2,1-3H3/b24-21-. The van der Waals surface area contributed by atoms with E-state index >= 15 is 0 Å². The van der Waals surface area contributed by atoms with Crippen LogP contribution in [0.2, 0.25) is 0 Å². The lowest BCUT2D eigenvalue weighted by atomic mass is 10.0. The van der Waals surface area contributed by atoms with E-state index in [1.54, 1.807) is 0 Å². The van der Waals surface area contributed by atoms with Crippen LogP contribution in [0, 0.1) is 0 Å². The molecular formula is C51H96O6. The Kier molecular flexibility index (Phi) is 45.3. The lowest BCUT2D eigenvalue weighted by Crippen LogP contribution is -2.30. The maximum absolute atomic E-state index is 12.7. The predicted octanol–water partition coefficient (Wildman–Crippen LogP) is 16.2. The van der Waals surface area contributed by atoms with Gasteiger partial charge in [0.25, 0.3) is 0 Å². The highest BCUT2D eigenvalue weighted by atomic mass is 16.6. The molecule has 0 bridgehead atoms. The first kappa shape index (κ1) is 55.2. The predicted molar refractivity (Wildman–Crippen MR) is 243 cm³/mol. The van der Waals surface area contributed by atoms with Gasteiger partial charge in [0.15, 0.2) is 6.10 Å². The number of carbonyl (C=O) groups is 3. The van der Waals surface area contributed by atoms with Gasteiger partial charge >= 0.3 is 17.9 Å². The first-order valence-corrected chi connectivity index (χ1v) is 25.2. The van der Waals surface area contributed by atoms with Gasteiger partial charge in [-0.1, -0.05) is 226 Å². The third-order valence-corrected chi connectivity index (χ3v) is 11.3. The molecule has 6 heteroatoms. The third kappa shape index (κ3) is 45.1. The van der Waals surface area contributed by atoms with Gasteiger partial charge in [0.2, 0.25) is 0 Å². The molecule has 0 radical (unpaired) electrons. The molecule has 0 saturated heterocycles. The molecule has 0 aromatic rings. The minimum Gasteiger partial charge on any atom is -0.462 e. The van der Waals surface area contributed by atoms with E-state index in [4.69, 9.17) is 14.2 Å². The van der Waals surface area contributed by atoms with Gasteiger partial charge in [-0.05, 0) is 44.9 Å². The fourth-order valence-corrected chi connectivity index (χ4v) is 7.44. The Balaban J connectivity index is 4.34. The van der Waals surface area contributed by atoms with Crippen LogP contribution in [0.4, 0.5) is 0 Å². The zero-order valence-corrected chi connectivity index (χ0v) is 38.4. The molecule has 0 spiro atoms. The first-order chi connectivity index (χ1) is 28.0. The molecule has 6 nitrogen and oxygen atoms in total. The summed E-state index contributed by atoms with van der Waals surface area (Å²) in [6.07, 6.45) is 50.4. The van der Waals surface area contributed by atoms with Crippen molar-refractivity contribution < 1.29 is 28.6 Å². The number of hydrogen-bond donors (Lipinski definition) is 0. The van der Waals surface area contributed by atoms with Crippen LogP contribution < -0.4 is 0 Å². The molecule has 0 amide bonds. The fraction of sp³-hybridized carbons (Fsp3) is 0.902. The van der Waals surface area contributed by atoms with Crippen molar-refractivity contribution in [2.24, 2.45) is 0 Å². The highest BCUT2D eigenvalue weighted by Gasteiger charge is 2.19. The van der Waals surface area contributed by atoms with E-state index in [1.165, 1.54) is 173 Å². The van der Waals surface area contributed by atoms with Crippen LogP contribution in [0.3, 0.4) is 0 Å². The Morgan fingerprint density at radius 2 is 0.579 bits per heavy atom. The zero-order valence-electron chi connectivity index (χ0n) is 38.4. The van der Waals surface area contributed by atoms with Gasteiger partial charge in [0.1, 0.15) is 13.2 Å². The van der Waals surface area contributed by atoms with Crippen molar-refractivity contribution >= 4 is 17.9 Å². The monoisotopic (exact) mass is 805 g/mol. The van der Waals surface area contributed by atoms with Crippen molar-refractivity contribution in [2.75, 3.05) is 13.2 Å². The Morgan fingerprint density at radius 3 is 0.895 bits per heavy atom. The topological polar surface area (TPSA) is 78.9 Å². The van der Waals surface area contributed by atoms with Gasteiger partial charge in [-0.2, -0.15) is 0 Å². The molecule has 0 fully saturated rings. The van der Waals surface area contributed by atoms with Crippen molar-refractivity contribution in [1.82, 2.24) is 0 Å². The molecule has 0 unspecified atom stereocenters. The van der Waals surface area contributed by atoms with E-state index in [0.717, 1.165) is 64.2 Å². The molecule has 57 heavy (non-hydrogen) atoms. The molecule has 0 atom stereocenters. The van der Waals surface area contributed by atoms with E-state index in [-0.39, 0.29) is 31.1 Å². The number of ether oxygens (including phenoxy) is 3. The maximum Gasteiger partial charge on any atom is 0.306 e. The van der Waals surface area contributed by atoms with Crippen LogP contribution in [0.15, 0.2) is 12.2 Å². The quantitative estimate of drug-likeness (QED) is 0.0264. The Hall–Kier alpha value is -1.85. The molecule has 0 saturated carbocycles. The van der Waals surface area contributed by atoms with Gasteiger partial charge in [0.05, 0.1) is 0 Å². The van der Waals surface area contributed by atoms with Crippen LogP contribution in [0.25, 0.3) is 0 Å². The van der Waals surface area contributed by atoms with E-state index in [9.17, 15) is 14.4 Å². The normalized spacial score (nSPS) is 11.5. The van der Waals surface area contributed by atoms with Crippen LogP contribution in [0.1, 0.15) is 278 Å². The third-order valence-electron chi connectivity index (χ3n) is 11.3. The molecule has 0 aromatic carbocycles. The average Bonchev–Trinajstić information content (AvgIpc) is 3.21. The highest BCUT2D eigenvalue weighted by molar-refractivity contribution is 5.71. The molecule has 0 aromatic heterocycles. The number of carbonyl (C=O) groups excluding carboxylic acids is 3. The summed E-state index contributed by atoms with van der Waals surface area (Å²) in [4.78, 5) is 37.9. The van der Waals surface area contributed by atoms with Gasteiger partial charge in [-0.3, -0.25) is 14.4 Å². The fourth-order valence-electron chi connectivity index (χ4n) is 7.44. The summed E-state index contributed by atoms with van der Waals surface area (Å²) < 4.78 is 16.8. The second-order valence-corrected chi connectivity index (χ2v) is 17.1. The number of unbranched alkanes of at least 4 members (excludes halogenated alkanes) is 33. The van der Waals surface area contributed by atoms with Crippen LogP contribution in [-0.2, 0) is 28.6 Å². The lowest BCUT2D eigenvalue weighted by molar-refractivity contribution is -0.167. The van der Waals surface area contributed by atoms with Crippen molar-refractivity contribution in [3.05, 3.63) is 12.2 Å². The summed E-state index contributed by atoms with van der Waals surface area (Å²) in [7, 11) is 0. The van der Waals surface area contributed by atoms with Gasteiger partial charge in [-0.25, -0.2) is 0 Å². The Labute approximate surface area is 354 Å². The van der Waals surface area contributed by atoms with E-state index in [1.807, 2.05) is 0 Å². The van der Waals surface area contributed by atoms with Crippen molar-refractivity contribution in [2.45, 2.75) is 284 Å². The molecule has 0 N–H and O–H groups in total. The minimum absolute atomic E-state index is 0.0683. The highest BCUT2D eigenvalue weighted by Crippen LogP contribution is 2.16. The number of allylic oxidation sites excluding steroid dienone is 2. The molecule has 0 aliphatic rings. The first-order valence-electron chi connectivity index (χ1n) is 25.2. The van der Waals surface area contributed by atoms with Crippen molar-refractivity contribution in [3.63, 3.8) is 0 Å². The molecule has 0 heterocycles. The van der Waals surface area contributed by atoms with Crippen molar-refractivity contribution in [3.8, 4) is 0 Å². The lowest BCUT2D eigenvalue weighted by Gasteiger charge is -2.18. The van der Waals surface area contributed by atoms with Crippen molar-refractivity contribution in [1.29, 1.82) is 0 Å². The molecule has 0 aliphatic carbocycles. The molecule has 336 valence electrons. The average molecular weight is 805 g/mol. The smallest absolute Gasteiger partial charge is 0.306 e. The Morgan fingerprint density at radius 1 is 0.333 bits per heavy atom. The number of rotatable bonds is 46. The second kappa shape index (κ2) is 46.8.